The van der Waals surface area contributed by atoms with Crippen molar-refractivity contribution in [2.24, 2.45) is 0 Å². The molecule has 0 unspecified atom stereocenters. The summed E-state index contributed by atoms with van der Waals surface area (Å²) in [5.74, 6) is -3.13. The second-order valence-corrected chi connectivity index (χ2v) is 6.28. The Balaban J connectivity index is 3.41. The van der Waals surface area contributed by atoms with E-state index in [1.54, 1.807) is 0 Å². The van der Waals surface area contributed by atoms with Gasteiger partial charge < -0.3 is 9.84 Å². The molecule has 0 aliphatic heterocycles. The molecule has 0 heterocycles. The van der Waals surface area contributed by atoms with Crippen molar-refractivity contribution in [2.45, 2.75) is 17.4 Å². The molecule has 0 aliphatic carbocycles. The molecule has 0 amide bonds. The number of alkyl halides is 9. The second kappa shape index (κ2) is 7.90. The fourth-order valence-electron chi connectivity index (χ4n) is 1.46. The number of benzene rings is 1. The summed E-state index contributed by atoms with van der Waals surface area (Å²) in [4.78, 5) is 8.00. The van der Waals surface area contributed by atoms with Crippen molar-refractivity contribution >= 4 is 34.4 Å². The van der Waals surface area contributed by atoms with E-state index in [9.17, 15) is 44.3 Å². The fourth-order valence-corrected chi connectivity index (χ4v) is 2.91. The Hall–Kier alpha value is -1.70. The zero-order valence-electron chi connectivity index (χ0n) is 11.8. The molecule has 26 heavy (non-hydrogen) atoms. The Morgan fingerprint density at radius 2 is 1.31 bits per heavy atom. The quantitative estimate of drug-likeness (QED) is 0.468. The number of halogens is 9. The molecule has 1 N–H and O–H groups in total. The lowest BCUT2D eigenvalue weighted by molar-refractivity contribution is -0.274. The van der Waals surface area contributed by atoms with E-state index in [0.717, 1.165) is 0 Å². The van der Waals surface area contributed by atoms with Gasteiger partial charge in [-0.05, 0) is 41.2 Å². The van der Waals surface area contributed by atoms with Gasteiger partial charge in [0.2, 0.25) is 0 Å². The topological polar surface area (TPSA) is 46.5 Å². The molecule has 0 radical (unpaired) electrons. The van der Waals surface area contributed by atoms with E-state index in [-0.39, 0.29) is 0 Å². The van der Waals surface area contributed by atoms with Crippen molar-refractivity contribution in [2.75, 3.05) is 0 Å². The van der Waals surface area contributed by atoms with Crippen LogP contribution in [0.15, 0.2) is 29.2 Å². The van der Waals surface area contributed by atoms with Crippen molar-refractivity contribution in [3.8, 4) is 5.75 Å². The van der Waals surface area contributed by atoms with Crippen molar-refractivity contribution in [1.29, 1.82) is 0 Å². The molecular formula is C12H5F9O3S2. The zero-order valence-corrected chi connectivity index (χ0v) is 13.4. The van der Waals surface area contributed by atoms with E-state index in [0.29, 0.717) is 24.3 Å². The third-order valence-corrected chi connectivity index (χ3v) is 4.01. The zero-order chi connectivity index (χ0) is 20.3. The summed E-state index contributed by atoms with van der Waals surface area (Å²) in [6, 6.07) is 2.24. The maximum atomic E-state index is 12.6. The van der Waals surface area contributed by atoms with Gasteiger partial charge >= 0.3 is 23.3 Å². The van der Waals surface area contributed by atoms with Crippen LogP contribution >= 0.6 is 23.5 Å². The van der Waals surface area contributed by atoms with Gasteiger partial charge in [-0.25, -0.2) is 4.79 Å². The minimum Gasteiger partial charge on any atom is -0.477 e. The molecule has 0 aromatic heterocycles. The molecule has 0 aliphatic rings. The Morgan fingerprint density at radius 1 is 0.846 bits per heavy atom. The normalized spacial score (nSPS) is 14.0. The highest BCUT2D eigenvalue weighted by Gasteiger charge is 2.39. The second-order valence-electron chi connectivity index (χ2n) is 4.13. The predicted octanol–water partition coefficient (Wildman–Crippen LogP) is 5.84. The van der Waals surface area contributed by atoms with Gasteiger partial charge in [-0.1, -0.05) is 12.1 Å². The number of carbonyl (C=O) groups is 1. The van der Waals surface area contributed by atoms with E-state index in [2.05, 4.69) is 4.74 Å². The first-order chi connectivity index (χ1) is 11.6. The first-order valence-corrected chi connectivity index (χ1v) is 7.56. The van der Waals surface area contributed by atoms with Gasteiger partial charge in [-0.3, -0.25) is 0 Å². The average molecular weight is 432 g/mol. The maximum Gasteiger partial charge on any atom is 0.573 e. The Labute approximate surface area is 147 Å². The number of aliphatic carboxylic acids is 1. The van der Waals surface area contributed by atoms with Gasteiger partial charge in [-0.15, -0.1) is 13.2 Å². The van der Waals surface area contributed by atoms with Gasteiger partial charge in [0.05, 0.1) is 0 Å². The Morgan fingerprint density at radius 3 is 1.65 bits per heavy atom. The minimum absolute atomic E-state index is 0.539. The number of thioether (sulfide) groups is 2. The first kappa shape index (κ1) is 22.3. The number of hydrogen-bond donors (Lipinski definition) is 1. The molecule has 0 saturated heterocycles. The van der Waals surface area contributed by atoms with Gasteiger partial charge in [0, 0.05) is 4.91 Å². The highest BCUT2D eigenvalue weighted by Crippen LogP contribution is 2.48. The van der Waals surface area contributed by atoms with Crippen LogP contribution in [0.1, 0.15) is 5.56 Å². The molecule has 0 spiro atoms. The number of carboxylic acid groups (broad SMARTS) is 1. The number of hydrogen-bond acceptors (Lipinski definition) is 4. The maximum absolute atomic E-state index is 12.6. The van der Waals surface area contributed by atoms with Gasteiger partial charge in [-0.2, -0.15) is 26.3 Å². The third kappa shape index (κ3) is 8.12. The van der Waals surface area contributed by atoms with E-state index in [1.165, 1.54) is 0 Å². The minimum atomic E-state index is -5.20. The molecule has 0 atom stereocenters. The molecule has 3 nitrogen and oxygen atoms in total. The largest absolute Gasteiger partial charge is 0.573 e. The fraction of sp³-hybridized carbons (Fsp3) is 0.250. The number of ether oxygens (including phenoxy) is 1. The third-order valence-electron chi connectivity index (χ3n) is 2.19. The molecule has 1 rings (SSSR count). The van der Waals surface area contributed by atoms with E-state index in [4.69, 9.17) is 5.11 Å². The average Bonchev–Trinajstić information content (AvgIpc) is 2.39. The molecule has 0 bridgehead atoms. The summed E-state index contributed by atoms with van der Waals surface area (Å²) in [6.07, 6.45) is -5.10. The van der Waals surface area contributed by atoms with Crippen molar-refractivity contribution in [3.63, 3.8) is 0 Å². The standard InChI is InChI=1S/C12H5F9O3S2/c13-10(14,15)24-6-3-1-5(2-4-6)7(25-11(16,17)18)8(9(22)23)26-12(19,20)21/h1-4H,(H,22,23)/b8-7-. The van der Waals surface area contributed by atoms with Gasteiger partial charge in [0.1, 0.15) is 10.7 Å². The van der Waals surface area contributed by atoms with Crippen molar-refractivity contribution in [3.05, 3.63) is 34.7 Å². The lowest BCUT2D eigenvalue weighted by atomic mass is 10.2. The van der Waals surface area contributed by atoms with Crippen LogP contribution in [0.5, 0.6) is 5.75 Å². The van der Waals surface area contributed by atoms with Gasteiger partial charge in [0.15, 0.2) is 0 Å². The van der Waals surface area contributed by atoms with E-state index < -0.39 is 68.0 Å². The molecule has 1 aromatic carbocycles. The Kier molecular flexibility index (Phi) is 6.79. The summed E-state index contributed by atoms with van der Waals surface area (Å²) in [7, 11) is 0. The monoisotopic (exact) mass is 432 g/mol. The highest BCUT2D eigenvalue weighted by molar-refractivity contribution is 8.12. The van der Waals surface area contributed by atoms with Crippen LogP contribution in [-0.2, 0) is 4.79 Å². The molecule has 146 valence electrons. The van der Waals surface area contributed by atoms with Crippen LogP contribution in [-0.4, -0.2) is 28.5 Å². The van der Waals surface area contributed by atoms with Crippen LogP contribution in [0.3, 0.4) is 0 Å². The summed E-state index contributed by atoms with van der Waals surface area (Å²) in [5, 5.41) is 8.84. The van der Waals surface area contributed by atoms with Crippen LogP contribution in [0.2, 0.25) is 0 Å². The first-order valence-electron chi connectivity index (χ1n) is 5.92. The van der Waals surface area contributed by atoms with Gasteiger partial charge in [0.25, 0.3) is 0 Å². The summed E-state index contributed by atoms with van der Waals surface area (Å²) >= 11 is -2.42. The number of rotatable bonds is 5. The van der Waals surface area contributed by atoms with E-state index in [1.807, 2.05) is 0 Å². The molecule has 0 fully saturated rings. The Bertz CT molecular complexity index is 675. The molecular weight excluding hydrogens is 427 g/mol. The van der Waals surface area contributed by atoms with Crippen molar-refractivity contribution in [1.82, 2.24) is 0 Å². The van der Waals surface area contributed by atoms with E-state index >= 15 is 0 Å². The smallest absolute Gasteiger partial charge is 0.477 e. The van der Waals surface area contributed by atoms with Crippen molar-refractivity contribution < 1.29 is 54.2 Å². The number of carboxylic acids is 1. The molecule has 1 aromatic rings. The molecule has 0 saturated carbocycles. The highest BCUT2D eigenvalue weighted by atomic mass is 32.2. The SMILES string of the molecule is O=C(O)/C(SC(F)(F)F)=C(/SC(F)(F)F)c1ccc(OC(F)(F)F)cc1. The lowest BCUT2D eigenvalue weighted by Gasteiger charge is -2.15. The lowest BCUT2D eigenvalue weighted by Crippen LogP contribution is -2.17. The summed E-state index contributed by atoms with van der Waals surface area (Å²) in [6.45, 7) is 0. The predicted molar refractivity (Wildman–Crippen MR) is 75.0 cm³/mol. The molecule has 14 heteroatoms. The van der Waals surface area contributed by atoms with Crippen LogP contribution in [0, 0.1) is 0 Å². The van der Waals surface area contributed by atoms with Crippen LogP contribution in [0.4, 0.5) is 39.5 Å². The van der Waals surface area contributed by atoms with Crippen LogP contribution in [0.25, 0.3) is 4.91 Å². The summed E-state index contributed by atoms with van der Waals surface area (Å²) in [5.41, 5.74) is -11.0. The summed E-state index contributed by atoms with van der Waals surface area (Å²) < 4.78 is 115. The van der Waals surface area contributed by atoms with Crippen LogP contribution < -0.4 is 4.74 Å².